The summed E-state index contributed by atoms with van der Waals surface area (Å²) in [6.07, 6.45) is -1.17. The Morgan fingerprint density at radius 1 is 0.510 bits per heavy atom. The normalized spacial score (nSPS) is 19.6. The monoisotopic (exact) mass is 663 g/mol. The first-order valence-corrected chi connectivity index (χ1v) is 16.9. The van der Waals surface area contributed by atoms with Gasteiger partial charge >= 0.3 is 0 Å². The summed E-state index contributed by atoms with van der Waals surface area (Å²) in [5, 5.41) is 0. The van der Waals surface area contributed by atoms with Gasteiger partial charge in [-0.05, 0) is 40.8 Å². The lowest BCUT2D eigenvalue weighted by atomic mass is 9.92. The predicted octanol–water partition coefficient (Wildman–Crippen LogP) is 8.16. The summed E-state index contributed by atoms with van der Waals surface area (Å²) in [5.74, 6) is -1.10. The van der Waals surface area contributed by atoms with Crippen molar-refractivity contribution in [3.63, 3.8) is 0 Å². The fourth-order valence-corrected chi connectivity index (χ4v) is 6.33. The Morgan fingerprint density at radius 2 is 0.959 bits per heavy atom. The molecule has 5 nitrogen and oxygen atoms in total. The lowest BCUT2D eigenvalue weighted by Crippen LogP contribution is -2.64. The third-order valence-electron chi connectivity index (χ3n) is 8.94. The quantitative estimate of drug-likeness (QED) is 0.107. The Kier molecular flexibility index (Phi) is 12.7. The molecule has 0 amide bonds. The highest BCUT2D eigenvalue weighted by Crippen LogP contribution is 2.30. The van der Waals surface area contributed by atoms with E-state index in [9.17, 15) is 8.78 Å². The van der Waals surface area contributed by atoms with Crippen LogP contribution in [0.1, 0.15) is 27.8 Å². The van der Waals surface area contributed by atoms with E-state index >= 15 is 0 Å². The van der Waals surface area contributed by atoms with Crippen LogP contribution in [0.2, 0.25) is 0 Å². The van der Waals surface area contributed by atoms with Gasteiger partial charge in [0.15, 0.2) is 0 Å². The van der Waals surface area contributed by atoms with E-state index < -0.39 is 29.9 Å². The van der Waals surface area contributed by atoms with Gasteiger partial charge in [-0.2, -0.15) is 0 Å². The smallest absolute Gasteiger partial charge is 0.129 e. The van der Waals surface area contributed by atoms with Gasteiger partial charge < -0.3 is 18.9 Å². The zero-order valence-corrected chi connectivity index (χ0v) is 27.6. The fraction of sp³-hybridized carbons (Fsp3) is 0.286. The van der Waals surface area contributed by atoms with Crippen LogP contribution in [0, 0.1) is 11.6 Å². The predicted molar refractivity (Wildman–Crippen MR) is 187 cm³/mol. The minimum absolute atomic E-state index is 0.0670. The molecule has 49 heavy (non-hydrogen) atoms. The molecular formula is C42H43F2NO4. The van der Waals surface area contributed by atoms with Gasteiger partial charge in [-0.3, -0.25) is 4.90 Å². The van der Waals surface area contributed by atoms with Gasteiger partial charge in [0, 0.05) is 18.7 Å². The van der Waals surface area contributed by atoms with Crippen LogP contribution >= 0.6 is 0 Å². The van der Waals surface area contributed by atoms with Crippen molar-refractivity contribution in [2.24, 2.45) is 0 Å². The Balaban J connectivity index is 1.32. The largest absolute Gasteiger partial charge is 0.375 e. The van der Waals surface area contributed by atoms with E-state index in [1.165, 1.54) is 18.2 Å². The number of ether oxygens (including phenoxy) is 4. The van der Waals surface area contributed by atoms with Crippen molar-refractivity contribution in [2.45, 2.75) is 57.2 Å². The molecule has 5 aromatic carbocycles. The maximum absolute atomic E-state index is 14.8. The molecule has 0 aliphatic carbocycles. The Bertz CT molecular complexity index is 1660. The van der Waals surface area contributed by atoms with Crippen molar-refractivity contribution in [1.29, 1.82) is 0 Å². The summed E-state index contributed by atoms with van der Waals surface area (Å²) in [6.45, 7) is 2.69. The maximum Gasteiger partial charge on any atom is 0.129 e. The number of nitrogens with zero attached hydrogens (tertiary/aromatic N) is 1. The van der Waals surface area contributed by atoms with E-state index in [1.54, 1.807) is 0 Å². The van der Waals surface area contributed by atoms with E-state index in [2.05, 4.69) is 4.90 Å². The number of hydrogen-bond donors (Lipinski definition) is 0. The van der Waals surface area contributed by atoms with E-state index in [4.69, 9.17) is 18.9 Å². The molecule has 1 fully saturated rings. The standard InChI is InChI=1S/C42H43F2NO4/c43-37-22-13-23-38(44)36(37)24-25-45-26-40(47-28-33-16-7-2-8-17-33)42(49-30-35-20-11-4-12-21-35)41(48-29-34-18-9-3-10-19-34)39(45)31-46-27-32-14-5-1-6-15-32/h1-23,39-42H,24-31H2/t39-,40+,41-,42-/m1/s1. The van der Waals surface area contributed by atoms with Crippen LogP contribution in [0.15, 0.2) is 140 Å². The second kappa shape index (κ2) is 18.0. The topological polar surface area (TPSA) is 40.2 Å². The summed E-state index contributed by atoms with van der Waals surface area (Å²) in [5.41, 5.74) is 4.23. The van der Waals surface area contributed by atoms with E-state index in [-0.39, 0.29) is 18.0 Å². The van der Waals surface area contributed by atoms with Crippen molar-refractivity contribution >= 4 is 0 Å². The van der Waals surface area contributed by atoms with Gasteiger partial charge in [0.25, 0.3) is 0 Å². The minimum Gasteiger partial charge on any atom is -0.375 e. The summed E-state index contributed by atoms with van der Waals surface area (Å²) >= 11 is 0. The highest BCUT2D eigenvalue weighted by Gasteiger charge is 2.46. The molecule has 0 radical (unpaired) electrons. The molecular weight excluding hydrogens is 620 g/mol. The van der Waals surface area contributed by atoms with Gasteiger partial charge in [0.2, 0.25) is 0 Å². The lowest BCUT2D eigenvalue weighted by molar-refractivity contribution is -0.210. The molecule has 0 saturated carbocycles. The Hall–Kier alpha value is -4.24. The summed E-state index contributed by atoms with van der Waals surface area (Å²) < 4.78 is 56.3. The number of halogens is 2. The summed E-state index contributed by atoms with van der Waals surface area (Å²) in [7, 11) is 0. The average molecular weight is 664 g/mol. The van der Waals surface area contributed by atoms with Crippen molar-refractivity contribution in [2.75, 3.05) is 19.7 Å². The highest BCUT2D eigenvalue weighted by atomic mass is 19.1. The average Bonchev–Trinajstić information content (AvgIpc) is 3.14. The third kappa shape index (κ3) is 9.91. The van der Waals surface area contributed by atoms with Crippen LogP contribution in [-0.4, -0.2) is 49.0 Å². The van der Waals surface area contributed by atoms with E-state index in [0.717, 1.165) is 22.3 Å². The van der Waals surface area contributed by atoms with Crippen molar-refractivity contribution in [1.82, 2.24) is 4.90 Å². The molecule has 0 spiro atoms. The third-order valence-corrected chi connectivity index (χ3v) is 8.94. The van der Waals surface area contributed by atoms with Crippen LogP contribution in [0.5, 0.6) is 0 Å². The molecule has 4 atom stereocenters. The molecule has 1 aliphatic heterocycles. The molecule has 0 unspecified atom stereocenters. The molecule has 7 heteroatoms. The first kappa shape index (κ1) is 34.6. The minimum atomic E-state index is -0.549. The number of likely N-dealkylation sites (tertiary alicyclic amines) is 1. The SMILES string of the molecule is Fc1cccc(F)c1CCN1C[C@H](OCc2ccccc2)[C@@H](OCc2ccccc2)[C@H](OCc2ccccc2)[C@H]1COCc1ccccc1. The number of hydrogen-bond acceptors (Lipinski definition) is 5. The van der Waals surface area contributed by atoms with Crippen LogP contribution in [0.3, 0.4) is 0 Å². The van der Waals surface area contributed by atoms with Gasteiger partial charge in [-0.25, -0.2) is 8.78 Å². The van der Waals surface area contributed by atoms with Crippen LogP contribution in [-0.2, 0) is 51.8 Å². The molecule has 6 rings (SSSR count). The molecule has 254 valence electrons. The number of rotatable bonds is 16. The lowest BCUT2D eigenvalue weighted by Gasteiger charge is -2.48. The van der Waals surface area contributed by atoms with Gasteiger partial charge in [0.1, 0.15) is 23.8 Å². The molecule has 0 N–H and O–H groups in total. The van der Waals surface area contributed by atoms with Crippen LogP contribution in [0.25, 0.3) is 0 Å². The molecule has 5 aromatic rings. The maximum atomic E-state index is 14.8. The van der Waals surface area contributed by atoms with Gasteiger partial charge in [0.05, 0.1) is 45.2 Å². The summed E-state index contributed by atoms with van der Waals surface area (Å²) in [4.78, 5) is 2.20. The first-order chi connectivity index (χ1) is 24.1. The van der Waals surface area contributed by atoms with Crippen molar-refractivity contribution < 1.29 is 27.7 Å². The van der Waals surface area contributed by atoms with Crippen molar-refractivity contribution in [3.8, 4) is 0 Å². The molecule has 0 aromatic heterocycles. The number of piperidine rings is 1. The van der Waals surface area contributed by atoms with Crippen LogP contribution in [0.4, 0.5) is 8.78 Å². The van der Waals surface area contributed by atoms with E-state index in [1.807, 2.05) is 121 Å². The molecule has 1 saturated heterocycles. The van der Waals surface area contributed by atoms with Crippen LogP contribution < -0.4 is 0 Å². The Labute approximate surface area is 288 Å². The zero-order valence-electron chi connectivity index (χ0n) is 27.6. The van der Waals surface area contributed by atoms with Gasteiger partial charge in [-0.1, -0.05) is 127 Å². The van der Waals surface area contributed by atoms with Gasteiger partial charge in [-0.15, -0.1) is 0 Å². The zero-order chi connectivity index (χ0) is 33.7. The fourth-order valence-electron chi connectivity index (χ4n) is 6.33. The van der Waals surface area contributed by atoms with Crippen molar-refractivity contribution in [3.05, 3.63) is 179 Å². The molecule has 0 bridgehead atoms. The number of benzene rings is 5. The molecule has 1 heterocycles. The second-order valence-electron chi connectivity index (χ2n) is 12.4. The Morgan fingerprint density at radius 3 is 1.47 bits per heavy atom. The van der Waals surface area contributed by atoms with E-state index in [0.29, 0.717) is 46.1 Å². The highest BCUT2D eigenvalue weighted by molar-refractivity contribution is 5.21. The molecule has 1 aliphatic rings. The summed E-state index contributed by atoms with van der Waals surface area (Å²) in [6, 6.07) is 43.8. The second-order valence-corrected chi connectivity index (χ2v) is 12.4. The first-order valence-electron chi connectivity index (χ1n) is 16.9.